The van der Waals surface area contributed by atoms with E-state index in [1.54, 1.807) is 37.4 Å². The number of aromatic nitrogens is 1. The second kappa shape index (κ2) is 14.7. The van der Waals surface area contributed by atoms with Crippen LogP contribution in [0, 0.1) is 22.6 Å². The van der Waals surface area contributed by atoms with Crippen LogP contribution >= 0.6 is 11.8 Å². The molecule has 1 aromatic heterocycles. The number of aliphatic carboxylic acids is 1. The van der Waals surface area contributed by atoms with Crippen LogP contribution in [0.15, 0.2) is 78.6 Å². The van der Waals surface area contributed by atoms with Crippen molar-refractivity contribution in [2.45, 2.75) is 65.8 Å². The highest BCUT2D eigenvalue weighted by molar-refractivity contribution is 7.99. The number of nitrogens with one attached hydrogen (secondary N) is 3. The van der Waals surface area contributed by atoms with Crippen LogP contribution in [0.25, 0.3) is 10.9 Å². The van der Waals surface area contributed by atoms with Crippen molar-refractivity contribution >= 4 is 40.1 Å². The van der Waals surface area contributed by atoms with Gasteiger partial charge < -0.3 is 15.4 Å². The van der Waals surface area contributed by atoms with E-state index < -0.39 is 17.7 Å². The zero-order chi connectivity index (χ0) is 33.7. The fourth-order valence-electron chi connectivity index (χ4n) is 6.34. The number of aryl methyl sites for hydroxylation is 1. The number of carboxylic acids is 1. The lowest BCUT2D eigenvalue weighted by atomic mass is 9.87. The molecule has 0 spiro atoms. The maximum absolute atomic E-state index is 15.7. The first kappa shape index (κ1) is 34.2. The Labute approximate surface area is 280 Å². The average molecular weight is 654 g/mol. The lowest BCUT2D eigenvalue weighted by molar-refractivity contribution is -0.141. The van der Waals surface area contributed by atoms with E-state index in [1.165, 1.54) is 6.07 Å². The summed E-state index contributed by atoms with van der Waals surface area (Å²) in [6.07, 6.45) is 7.51. The van der Waals surface area contributed by atoms with Gasteiger partial charge in [-0.1, -0.05) is 69.7 Å². The first-order valence-electron chi connectivity index (χ1n) is 16.3. The van der Waals surface area contributed by atoms with E-state index in [0.29, 0.717) is 35.1 Å². The van der Waals surface area contributed by atoms with Crippen LogP contribution in [0.4, 0.5) is 4.39 Å². The largest absolute Gasteiger partial charge is 0.481 e. The zero-order valence-electron chi connectivity index (χ0n) is 27.6. The number of fused-ring (bicyclic) bond motifs is 5. The molecule has 2 unspecified atom stereocenters. The Balaban J connectivity index is 1.50. The number of benzene rings is 3. The number of aromatic amines is 1. The molecule has 246 valence electrons. The van der Waals surface area contributed by atoms with Crippen LogP contribution in [0.2, 0.25) is 0 Å². The predicted molar refractivity (Wildman–Crippen MR) is 190 cm³/mol. The molecule has 0 amide bonds. The minimum atomic E-state index is -0.810. The van der Waals surface area contributed by atoms with E-state index >= 15 is 4.39 Å². The maximum atomic E-state index is 15.7. The number of rotatable bonds is 4. The fourth-order valence-corrected chi connectivity index (χ4v) is 7.53. The van der Waals surface area contributed by atoms with Crippen molar-refractivity contribution in [1.82, 2.24) is 10.3 Å². The molecule has 6 nitrogen and oxygen atoms in total. The smallest absolute Gasteiger partial charge is 0.306 e. The molecule has 5 rings (SSSR count). The van der Waals surface area contributed by atoms with Crippen LogP contribution in [-0.2, 0) is 17.6 Å². The zero-order valence-corrected chi connectivity index (χ0v) is 28.4. The Hall–Kier alpha value is -4.17. The van der Waals surface area contributed by atoms with E-state index in [-0.39, 0.29) is 28.5 Å². The summed E-state index contributed by atoms with van der Waals surface area (Å²) in [4.78, 5) is 28.6. The lowest BCUT2D eigenvalue weighted by Crippen LogP contribution is -2.20. The van der Waals surface area contributed by atoms with Gasteiger partial charge in [0.1, 0.15) is 5.82 Å². The monoisotopic (exact) mass is 653 g/mol. The summed E-state index contributed by atoms with van der Waals surface area (Å²) in [5.41, 5.74) is 5.53. The standard InChI is InChI=1S/C39H44FN3O3S/c1-24(38(45)46)18-26-8-5-9-27(19-26)33-12-7-15-39(3,4)23-47-17-14-31-30-13-16-42-34(30)21-32(40)35(31)37(44)29-11-6-10-28(20-29)36(41)25(2)22-43-33/h5-6,8-11,13,16,19-22,24,33,41-43H,7,12,14-15,17-18,23H2,1-4H3,(H,45,46)/b25-22-,41-36?. The van der Waals surface area contributed by atoms with E-state index in [4.69, 9.17) is 5.41 Å². The number of allylic oxidation sites excluding steroid dienone is 1. The minimum absolute atomic E-state index is 0.0301. The van der Waals surface area contributed by atoms with Gasteiger partial charge in [-0.05, 0) is 90.0 Å². The summed E-state index contributed by atoms with van der Waals surface area (Å²) in [5, 5.41) is 22.9. The van der Waals surface area contributed by atoms with Crippen molar-refractivity contribution < 1.29 is 19.1 Å². The van der Waals surface area contributed by atoms with Gasteiger partial charge in [-0.2, -0.15) is 11.8 Å². The van der Waals surface area contributed by atoms with Crippen molar-refractivity contribution in [3.8, 4) is 0 Å². The third-order valence-corrected chi connectivity index (χ3v) is 10.6. The van der Waals surface area contributed by atoms with Gasteiger partial charge in [0.25, 0.3) is 0 Å². The van der Waals surface area contributed by atoms with Crippen molar-refractivity contribution in [1.29, 1.82) is 5.41 Å². The molecule has 4 aromatic rings. The fraction of sp³-hybridized carbons (Fsp3) is 0.359. The number of hydrogen-bond donors (Lipinski definition) is 4. The molecule has 0 fully saturated rings. The minimum Gasteiger partial charge on any atom is -0.481 e. The first-order valence-corrected chi connectivity index (χ1v) is 17.4. The molecule has 2 bridgehead atoms. The van der Waals surface area contributed by atoms with Crippen molar-refractivity contribution in [3.05, 3.63) is 118 Å². The van der Waals surface area contributed by atoms with E-state index in [0.717, 1.165) is 52.8 Å². The topological polar surface area (TPSA) is 106 Å². The normalized spacial score (nSPS) is 19.8. The number of thioether (sulfide) groups is 1. The molecule has 0 aliphatic carbocycles. The Kier molecular flexibility index (Phi) is 10.7. The lowest BCUT2D eigenvalue weighted by Gasteiger charge is -2.26. The Bertz CT molecular complexity index is 1830. The SMILES string of the molecule is C/C1=C/NC(c2cccc(CC(C)C(=O)O)c2)CCCC(C)(C)CSCCc2c(c(F)cc3[nH]ccc23)C(=O)c2cccc(c2)C1=N. The van der Waals surface area contributed by atoms with Crippen LogP contribution in [-0.4, -0.2) is 39.1 Å². The third-order valence-electron chi connectivity index (χ3n) is 9.10. The molecule has 0 radical (unpaired) electrons. The number of carboxylic acid groups (broad SMARTS) is 1. The van der Waals surface area contributed by atoms with Crippen molar-refractivity contribution in [2.24, 2.45) is 11.3 Å². The summed E-state index contributed by atoms with van der Waals surface area (Å²) in [6, 6.07) is 18.3. The van der Waals surface area contributed by atoms with Gasteiger partial charge in [-0.25, -0.2) is 4.39 Å². The highest BCUT2D eigenvalue weighted by Crippen LogP contribution is 2.33. The molecule has 1 aliphatic heterocycles. The summed E-state index contributed by atoms with van der Waals surface area (Å²) < 4.78 is 15.7. The van der Waals surface area contributed by atoms with E-state index in [2.05, 4.69) is 36.3 Å². The number of hydrogen-bond acceptors (Lipinski definition) is 5. The number of halogens is 1. The number of H-pyrrole nitrogens is 1. The van der Waals surface area contributed by atoms with Crippen LogP contribution < -0.4 is 5.32 Å². The second-order valence-corrected chi connectivity index (χ2v) is 14.6. The quantitative estimate of drug-likeness (QED) is 0.176. The van der Waals surface area contributed by atoms with E-state index in [9.17, 15) is 14.7 Å². The molecule has 3 aromatic carbocycles. The molecule has 4 N–H and O–H groups in total. The average Bonchev–Trinajstić information content (AvgIpc) is 3.51. The molecule has 2 heterocycles. The molecule has 47 heavy (non-hydrogen) atoms. The molecule has 1 aliphatic rings. The molecule has 0 saturated carbocycles. The van der Waals surface area contributed by atoms with Gasteiger partial charge in [-0.15, -0.1) is 0 Å². The summed E-state index contributed by atoms with van der Waals surface area (Å²) in [7, 11) is 0. The molecule has 0 saturated heterocycles. The van der Waals surface area contributed by atoms with Gasteiger partial charge in [0.05, 0.1) is 23.2 Å². The van der Waals surface area contributed by atoms with Gasteiger partial charge in [-0.3, -0.25) is 15.0 Å². The molecule has 2 atom stereocenters. The summed E-state index contributed by atoms with van der Waals surface area (Å²) >= 11 is 1.83. The van der Waals surface area contributed by atoms with Gasteiger partial charge >= 0.3 is 5.97 Å². The Morgan fingerprint density at radius 2 is 1.89 bits per heavy atom. The number of carbonyl (C=O) groups is 2. The number of carbonyl (C=O) groups excluding carboxylic acids is 1. The Morgan fingerprint density at radius 3 is 2.68 bits per heavy atom. The second-order valence-electron chi connectivity index (χ2n) is 13.5. The summed E-state index contributed by atoms with van der Waals surface area (Å²) in [6.45, 7) is 8.14. The molecular formula is C39H44FN3O3S. The van der Waals surface area contributed by atoms with Crippen LogP contribution in [0.1, 0.15) is 91.2 Å². The number of ketones is 1. The predicted octanol–water partition coefficient (Wildman–Crippen LogP) is 8.89. The first-order chi connectivity index (χ1) is 22.4. The van der Waals surface area contributed by atoms with Gasteiger partial charge in [0.2, 0.25) is 0 Å². The summed E-state index contributed by atoms with van der Waals surface area (Å²) in [5.74, 6) is -0.516. The molecule has 8 heteroatoms. The van der Waals surface area contributed by atoms with Crippen molar-refractivity contribution in [2.75, 3.05) is 11.5 Å². The van der Waals surface area contributed by atoms with Crippen LogP contribution in [0.5, 0.6) is 0 Å². The van der Waals surface area contributed by atoms with E-state index in [1.807, 2.05) is 43.1 Å². The maximum Gasteiger partial charge on any atom is 0.306 e. The van der Waals surface area contributed by atoms with Gasteiger partial charge in [0, 0.05) is 34.4 Å². The van der Waals surface area contributed by atoms with Gasteiger partial charge in [0.15, 0.2) is 5.78 Å². The highest BCUT2D eigenvalue weighted by Gasteiger charge is 2.24. The highest BCUT2D eigenvalue weighted by atomic mass is 32.2. The Morgan fingerprint density at radius 1 is 1.13 bits per heavy atom. The van der Waals surface area contributed by atoms with Crippen LogP contribution in [0.3, 0.4) is 0 Å². The molecular weight excluding hydrogens is 610 g/mol. The van der Waals surface area contributed by atoms with Crippen molar-refractivity contribution in [3.63, 3.8) is 0 Å². The third kappa shape index (κ3) is 8.22.